The maximum atomic E-state index is 12.7. The Morgan fingerprint density at radius 1 is 1.12 bits per heavy atom. The first-order valence-corrected chi connectivity index (χ1v) is 11.0. The van der Waals surface area contributed by atoms with Crippen molar-refractivity contribution in [3.63, 3.8) is 0 Å². The minimum Gasteiger partial charge on any atom is -0.494 e. The van der Waals surface area contributed by atoms with Gasteiger partial charge in [-0.15, -0.1) is 0 Å². The van der Waals surface area contributed by atoms with E-state index in [-0.39, 0.29) is 5.57 Å². The maximum absolute atomic E-state index is 12.7. The molecule has 32 heavy (non-hydrogen) atoms. The monoisotopic (exact) mass is 510 g/mol. The van der Waals surface area contributed by atoms with Gasteiger partial charge in [0, 0.05) is 26.3 Å². The summed E-state index contributed by atoms with van der Waals surface area (Å²) in [7, 11) is 0. The molecule has 0 bridgehead atoms. The first-order valence-electron chi connectivity index (χ1n) is 9.82. The van der Waals surface area contributed by atoms with Crippen molar-refractivity contribution in [2.75, 3.05) is 11.9 Å². The van der Waals surface area contributed by atoms with Gasteiger partial charge in [-0.25, -0.2) is 0 Å². The van der Waals surface area contributed by atoms with Gasteiger partial charge < -0.3 is 14.8 Å². The molecule has 0 atom stereocenters. The number of nitrogens with one attached hydrogen (secondary N) is 1. The Hall–Kier alpha value is -3.27. The molecule has 0 heterocycles. The molecule has 7 heteroatoms. The largest absolute Gasteiger partial charge is 0.494 e. The van der Waals surface area contributed by atoms with Crippen LogP contribution in [0.3, 0.4) is 0 Å². The van der Waals surface area contributed by atoms with Crippen LogP contribution in [0.4, 0.5) is 5.69 Å². The Kier molecular flexibility index (Phi) is 8.32. The number of hydrogen-bond acceptors (Lipinski definition) is 4. The number of halogens is 2. The van der Waals surface area contributed by atoms with E-state index in [4.69, 9.17) is 21.1 Å². The fourth-order valence-corrected chi connectivity index (χ4v) is 3.42. The number of nitriles is 1. The third-order valence-electron chi connectivity index (χ3n) is 4.40. The maximum Gasteiger partial charge on any atom is 0.266 e. The number of ether oxygens (including phenoxy) is 2. The second-order valence-corrected chi connectivity index (χ2v) is 7.93. The van der Waals surface area contributed by atoms with Gasteiger partial charge in [0.05, 0.1) is 6.61 Å². The highest BCUT2D eigenvalue weighted by molar-refractivity contribution is 9.10. The minimum absolute atomic E-state index is 0.0770. The molecule has 0 saturated carbocycles. The van der Waals surface area contributed by atoms with Crippen LogP contribution in [0.15, 0.2) is 76.8 Å². The van der Waals surface area contributed by atoms with Crippen LogP contribution in [0.5, 0.6) is 11.5 Å². The molecule has 0 fully saturated rings. The molecule has 0 saturated heterocycles. The lowest BCUT2D eigenvalue weighted by molar-refractivity contribution is -0.112. The van der Waals surface area contributed by atoms with Gasteiger partial charge in [0.15, 0.2) is 0 Å². The second kappa shape index (κ2) is 11.4. The first-order chi connectivity index (χ1) is 15.5. The SMILES string of the molecule is CCOc1ccc(NC(=O)/C(C#N)=C/c2cc(Cl)ccc2OCc2ccccc2Br)cc1. The van der Waals surface area contributed by atoms with Gasteiger partial charge in [0.25, 0.3) is 5.91 Å². The van der Waals surface area contributed by atoms with Gasteiger partial charge in [-0.2, -0.15) is 5.26 Å². The van der Waals surface area contributed by atoms with Crippen molar-refractivity contribution < 1.29 is 14.3 Å². The lowest BCUT2D eigenvalue weighted by Crippen LogP contribution is -2.13. The molecule has 0 radical (unpaired) electrons. The van der Waals surface area contributed by atoms with E-state index in [1.807, 2.05) is 37.3 Å². The predicted octanol–water partition coefficient (Wildman–Crippen LogP) is 6.63. The van der Waals surface area contributed by atoms with E-state index >= 15 is 0 Å². The second-order valence-electron chi connectivity index (χ2n) is 6.64. The van der Waals surface area contributed by atoms with Gasteiger partial charge in [0.1, 0.15) is 29.7 Å². The van der Waals surface area contributed by atoms with Crippen LogP contribution in [0.2, 0.25) is 5.02 Å². The summed E-state index contributed by atoms with van der Waals surface area (Å²) in [6.45, 7) is 2.76. The van der Waals surface area contributed by atoms with E-state index in [0.29, 0.717) is 41.0 Å². The summed E-state index contributed by atoms with van der Waals surface area (Å²) in [5.41, 5.74) is 1.97. The topological polar surface area (TPSA) is 71.3 Å². The van der Waals surface area contributed by atoms with Crippen LogP contribution in [0.1, 0.15) is 18.1 Å². The van der Waals surface area contributed by atoms with Crippen molar-refractivity contribution in [2.24, 2.45) is 0 Å². The third kappa shape index (κ3) is 6.36. The summed E-state index contributed by atoms with van der Waals surface area (Å²) < 4.78 is 12.3. The van der Waals surface area contributed by atoms with E-state index in [2.05, 4.69) is 21.2 Å². The number of carbonyl (C=O) groups is 1. The molecule has 0 aliphatic carbocycles. The molecule has 3 rings (SSSR count). The Labute approximate surface area is 200 Å². The fraction of sp³-hybridized carbons (Fsp3) is 0.120. The molecule has 0 spiro atoms. The summed E-state index contributed by atoms with van der Waals surface area (Å²) in [5.74, 6) is 0.674. The Bertz CT molecular complexity index is 1170. The van der Waals surface area contributed by atoms with Gasteiger partial charge >= 0.3 is 0 Å². The Morgan fingerprint density at radius 3 is 2.56 bits per heavy atom. The van der Waals surface area contributed by atoms with E-state index < -0.39 is 5.91 Å². The van der Waals surface area contributed by atoms with Gasteiger partial charge in [-0.1, -0.05) is 45.7 Å². The molecule has 5 nitrogen and oxygen atoms in total. The average molecular weight is 512 g/mol. The zero-order valence-electron chi connectivity index (χ0n) is 17.3. The van der Waals surface area contributed by atoms with Gasteiger partial charge in [0.2, 0.25) is 0 Å². The van der Waals surface area contributed by atoms with Crippen molar-refractivity contribution >= 4 is 45.2 Å². The fourth-order valence-electron chi connectivity index (χ4n) is 2.84. The molecule has 0 aliphatic rings. The lowest BCUT2D eigenvalue weighted by Gasteiger charge is -2.12. The summed E-state index contributed by atoms with van der Waals surface area (Å²) in [5, 5.41) is 12.8. The average Bonchev–Trinajstić information content (AvgIpc) is 2.79. The van der Waals surface area contributed by atoms with Gasteiger partial charge in [-0.05, 0) is 61.5 Å². The highest BCUT2D eigenvalue weighted by Crippen LogP contribution is 2.27. The van der Waals surface area contributed by atoms with E-state index in [1.165, 1.54) is 6.08 Å². The molecular weight excluding hydrogens is 492 g/mol. The van der Waals surface area contributed by atoms with Crippen molar-refractivity contribution in [3.8, 4) is 17.6 Å². The Morgan fingerprint density at radius 2 is 1.88 bits per heavy atom. The number of carbonyl (C=O) groups excluding carboxylic acids is 1. The van der Waals surface area contributed by atoms with Gasteiger partial charge in [-0.3, -0.25) is 4.79 Å². The molecular formula is C25H20BrClN2O3. The molecule has 162 valence electrons. The van der Waals surface area contributed by atoms with Crippen LogP contribution in [-0.4, -0.2) is 12.5 Å². The highest BCUT2D eigenvalue weighted by Gasteiger charge is 2.13. The van der Waals surface area contributed by atoms with E-state index in [9.17, 15) is 10.1 Å². The number of rotatable bonds is 8. The molecule has 0 unspecified atom stereocenters. The van der Waals surface area contributed by atoms with Crippen molar-refractivity contribution in [3.05, 3.63) is 92.9 Å². The quantitative estimate of drug-likeness (QED) is 0.272. The van der Waals surface area contributed by atoms with Crippen molar-refractivity contribution in [2.45, 2.75) is 13.5 Å². The van der Waals surface area contributed by atoms with Crippen LogP contribution in [0, 0.1) is 11.3 Å². The standard InChI is InChI=1S/C25H20BrClN2O3/c1-2-31-22-10-8-21(9-11-22)29-25(30)19(15-28)13-18-14-20(27)7-12-24(18)32-16-17-5-3-4-6-23(17)26/h3-14H,2,16H2,1H3,(H,29,30)/b19-13+. The predicted molar refractivity (Wildman–Crippen MR) is 130 cm³/mol. The number of anilines is 1. The first kappa shape index (κ1) is 23.4. The summed E-state index contributed by atoms with van der Waals surface area (Å²) >= 11 is 9.65. The summed E-state index contributed by atoms with van der Waals surface area (Å²) in [4.78, 5) is 12.7. The smallest absolute Gasteiger partial charge is 0.266 e. The number of hydrogen-bond donors (Lipinski definition) is 1. The highest BCUT2D eigenvalue weighted by atomic mass is 79.9. The van der Waals surface area contributed by atoms with Crippen molar-refractivity contribution in [1.29, 1.82) is 5.26 Å². The normalized spacial score (nSPS) is 10.9. The molecule has 3 aromatic rings. The number of nitrogens with zero attached hydrogens (tertiary/aromatic N) is 1. The third-order valence-corrected chi connectivity index (χ3v) is 5.41. The van der Waals surface area contributed by atoms with Crippen LogP contribution in [0.25, 0.3) is 6.08 Å². The zero-order valence-corrected chi connectivity index (χ0v) is 19.6. The van der Waals surface area contributed by atoms with E-state index in [1.54, 1.807) is 42.5 Å². The summed E-state index contributed by atoms with van der Waals surface area (Å²) in [6.07, 6.45) is 1.46. The molecule has 0 aliphatic heterocycles. The summed E-state index contributed by atoms with van der Waals surface area (Å²) in [6, 6.07) is 21.7. The zero-order chi connectivity index (χ0) is 22.9. The molecule has 1 N–H and O–H groups in total. The van der Waals surface area contributed by atoms with Crippen LogP contribution in [-0.2, 0) is 11.4 Å². The van der Waals surface area contributed by atoms with Crippen molar-refractivity contribution in [1.82, 2.24) is 0 Å². The van der Waals surface area contributed by atoms with Crippen LogP contribution < -0.4 is 14.8 Å². The minimum atomic E-state index is -0.534. The number of benzene rings is 3. The van der Waals surface area contributed by atoms with Crippen LogP contribution >= 0.6 is 27.5 Å². The Balaban J connectivity index is 1.79. The number of amides is 1. The molecule has 3 aromatic carbocycles. The molecule has 0 aromatic heterocycles. The lowest BCUT2D eigenvalue weighted by atomic mass is 10.1. The molecule has 1 amide bonds. The van der Waals surface area contributed by atoms with E-state index in [0.717, 1.165) is 10.0 Å².